The SMILES string of the molecule is O=C(c1ccco1)N1C[C@@H]2CCNC[C@@H]21. The zero-order chi connectivity index (χ0) is 10.3. The van der Waals surface area contributed by atoms with E-state index in [1.54, 1.807) is 18.4 Å². The van der Waals surface area contributed by atoms with Crippen molar-refractivity contribution in [1.29, 1.82) is 0 Å². The van der Waals surface area contributed by atoms with Crippen molar-refractivity contribution in [3.05, 3.63) is 24.2 Å². The number of nitrogens with zero attached hydrogens (tertiary/aromatic N) is 1. The summed E-state index contributed by atoms with van der Waals surface area (Å²) in [6.07, 6.45) is 2.73. The van der Waals surface area contributed by atoms with Gasteiger partial charge in [-0.15, -0.1) is 0 Å². The largest absolute Gasteiger partial charge is 0.459 e. The van der Waals surface area contributed by atoms with Crippen LogP contribution in [0.2, 0.25) is 0 Å². The van der Waals surface area contributed by atoms with E-state index in [9.17, 15) is 4.79 Å². The molecule has 15 heavy (non-hydrogen) atoms. The molecule has 1 amide bonds. The summed E-state index contributed by atoms with van der Waals surface area (Å²) in [6, 6.07) is 3.87. The molecule has 4 nitrogen and oxygen atoms in total. The van der Waals surface area contributed by atoms with Crippen molar-refractivity contribution in [2.24, 2.45) is 5.92 Å². The number of fused-ring (bicyclic) bond motifs is 1. The Morgan fingerprint density at radius 1 is 1.60 bits per heavy atom. The minimum Gasteiger partial charge on any atom is -0.459 e. The first-order chi connectivity index (χ1) is 7.36. The highest BCUT2D eigenvalue weighted by Crippen LogP contribution is 2.30. The van der Waals surface area contributed by atoms with Crippen molar-refractivity contribution in [2.75, 3.05) is 19.6 Å². The summed E-state index contributed by atoms with van der Waals surface area (Å²) in [5, 5.41) is 3.32. The molecule has 1 aromatic heterocycles. The fourth-order valence-electron chi connectivity index (χ4n) is 2.50. The van der Waals surface area contributed by atoms with Crippen LogP contribution in [0.15, 0.2) is 22.8 Å². The average Bonchev–Trinajstić information content (AvgIpc) is 2.72. The number of nitrogens with one attached hydrogen (secondary N) is 1. The first-order valence-corrected chi connectivity index (χ1v) is 5.41. The van der Waals surface area contributed by atoms with E-state index in [2.05, 4.69) is 5.32 Å². The first-order valence-electron chi connectivity index (χ1n) is 5.41. The van der Waals surface area contributed by atoms with E-state index in [0.29, 0.717) is 17.7 Å². The van der Waals surface area contributed by atoms with Gasteiger partial charge in [-0.25, -0.2) is 0 Å². The third-order valence-electron chi connectivity index (χ3n) is 3.41. The third kappa shape index (κ3) is 1.36. The van der Waals surface area contributed by atoms with Gasteiger partial charge in [-0.05, 0) is 31.0 Å². The van der Waals surface area contributed by atoms with Crippen molar-refractivity contribution in [2.45, 2.75) is 12.5 Å². The second-order valence-electron chi connectivity index (χ2n) is 4.26. The minimum absolute atomic E-state index is 0.0324. The molecule has 2 aliphatic heterocycles. The van der Waals surface area contributed by atoms with E-state index in [1.807, 2.05) is 4.90 Å². The number of likely N-dealkylation sites (tertiary alicyclic amines) is 1. The number of rotatable bonds is 1. The van der Waals surface area contributed by atoms with Crippen LogP contribution in [-0.2, 0) is 0 Å². The standard InChI is InChI=1S/C11H14N2O2/c14-11(10-2-1-5-15-10)13-7-8-3-4-12-6-9(8)13/h1-2,5,8-9,12H,3-4,6-7H2/t8-,9-/m0/s1. The van der Waals surface area contributed by atoms with Gasteiger partial charge in [0.05, 0.1) is 6.26 Å². The molecule has 2 fully saturated rings. The van der Waals surface area contributed by atoms with Gasteiger partial charge in [0, 0.05) is 19.1 Å². The molecule has 0 saturated carbocycles. The maximum Gasteiger partial charge on any atom is 0.289 e. The number of piperidine rings is 1. The molecule has 3 rings (SSSR count). The zero-order valence-corrected chi connectivity index (χ0v) is 8.48. The second kappa shape index (κ2) is 3.38. The van der Waals surface area contributed by atoms with E-state index >= 15 is 0 Å². The molecule has 0 unspecified atom stereocenters. The summed E-state index contributed by atoms with van der Waals surface area (Å²) in [5.41, 5.74) is 0. The van der Waals surface area contributed by atoms with E-state index in [0.717, 1.165) is 19.6 Å². The Kier molecular flexibility index (Phi) is 2.02. The third-order valence-corrected chi connectivity index (χ3v) is 3.41. The maximum atomic E-state index is 11.9. The van der Waals surface area contributed by atoms with Gasteiger partial charge in [0.1, 0.15) is 0 Å². The summed E-state index contributed by atoms with van der Waals surface area (Å²) in [4.78, 5) is 13.9. The van der Waals surface area contributed by atoms with Crippen LogP contribution in [0.3, 0.4) is 0 Å². The van der Waals surface area contributed by atoms with E-state index in [1.165, 1.54) is 6.42 Å². The smallest absolute Gasteiger partial charge is 0.289 e. The van der Waals surface area contributed by atoms with Crippen LogP contribution in [0.1, 0.15) is 17.0 Å². The van der Waals surface area contributed by atoms with Crippen LogP contribution in [0.4, 0.5) is 0 Å². The van der Waals surface area contributed by atoms with Gasteiger partial charge in [-0.3, -0.25) is 4.79 Å². The number of hydrogen-bond donors (Lipinski definition) is 1. The van der Waals surface area contributed by atoms with Crippen molar-refractivity contribution in [3.8, 4) is 0 Å². The number of furan rings is 1. The van der Waals surface area contributed by atoms with Crippen LogP contribution in [0, 0.1) is 5.92 Å². The fraction of sp³-hybridized carbons (Fsp3) is 0.545. The molecule has 1 aromatic rings. The molecular formula is C11H14N2O2. The lowest BCUT2D eigenvalue weighted by Gasteiger charge is -2.50. The van der Waals surface area contributed by atoms with E-state index < -0.39 is 0 Å². The van der Waals surface area contributed by atoms with Gasteiger partial charge >= 0.3 is 0 Å². The van der Waals surface area contributed by atoms with Crippen molar-refractivity contribution >= 4 is 5.91 Å². The Bertz CT molecular complexity index is 361. The Morgan fingerprint density at radius 2 is 2.53 bits per heavy atom. The maximum absolute atomic E-state index is 11.9. The molecule has 0 bridgehead atoms. The van der Waals surface area contributed by atoms with E-state index in [-0.39, 0.29) is 5.91 Å². The monoisotopic (exact) mass is 206 g/mol. The van der Waals surface area contributed by atoms with Gasteiger partial charge in [-0.1, -0.05) is 0 Å². The van der Waals surface area contributed by atoms with Gasteiger partial charge in [-0.2, -0.15) is 0 Å². The summed E-state index contributed by atoms with van der Waals surface area (Å²) < 4.78 is 5.12. The number of hydrogen-bond acceptors (Lipinski definition) is 3. The normalized spacial score (nSPS) is 29.5. The lowest BCUT2D eigenvalue weighted by Crippen LogP contribution is -2.65. The summed E-state index contributed by atoms with van der Waals surface area (Å²) >= 11 is 0. The average molecular weight is 206 g/mol. The molecule has 2 aliphatic rings. The summed E-state index contributed by atoms with van der Waals surface area (Å²) in [6.45, 7) is 2.91. The second-order valence-corrected chi connectivity index (χ2v) is 4.26. The molecule has 3 heterocycles. The van der Waals surface area contributed by atoms with Gasteiger partial charge < -0.3 is 14.6 Å². The minimum atomic E-state index is 0.0324. The molecule has 80 valence electrons. The van der Waals surface area contributed by atoms with Crippen LogP contribution in [-0.4, -0.2) is 36.5 Å². The Labute approximate surface area is 88.2 Å². The molecule has 2 atom stereocenters. The molecule has 0 aliphatic carbocycles. The highest BCUT2D eigenvalue weighted by molar-refractivity contribution is 5.92. The van der Waals surface area contributed by atoms with Crippen LogP contribution in [0.5, 0.6) is 0 Å². The van der Waals surface area contributed by atoms with Gasteiger partial charge in [0.15, 0.2) is 5.76 Å². The Morgan fingerprint density at radius 3 is 3.27 bits per heavy atom. The van der Waals surface area contributed by atoms with Crippen LogP contribution in [0.25, 0.3) is 0 Å². The molecular weight excluding hydrogens is 192 g/mol. The predicted molar refractivity (Wildman–Crippen MR) is 54.5 cm³/mol. The molecule has 2 saturated heterocycles. The quantitative estimate of drug-likeness (QED) is 0.736. The fourth-order valence-corrected chi connectivity index (χ4v) is 2.50. The highest BCUT2D eigenvalue weighted by atomic mass is 16.3. The van der Waals surface area contributed by atoms with Gasteiger partial charge in [0.2, 0.25) is 0 Å². The topological polar surface area (TPSA) is 45.5 Å². The molecule has 0 spiro atoms. The van der Waals surface area contributed by atoms with Crippen molar-refractivity contribution in [3.63, 3.8) is 0 Å². The summed E-state index contributed by atoms with van der Waals surface area (Å²) in [7, 11) is 0. The van der Waals surface area contributed by atoms with E-state index in [4.69, 9.17) is 4.42 Å². The zero-order valence-electron chi connectivity index (χ0n) is 8.48. The highest BCUT2D eigenvalue weighted by Gasteiger charge is 2.43. The Balaban J connectivity index is 1.72. The predicted octanol–water partition coefficient (Wildman–Crippen LogP) is 0.713. The number of carbonyl (C=O) groups excluding carboxylic acids is 1. The lowest BCUT2D eigenvalue weighted by molar-refractivity contribution is 0.000435. The first kappa shape index (κ1) is 8.97. The molecule has 0 aromatic carbocycles. The number of carbonyl (C=O) groups is 1. The van der Waals surface area contributed by atoms with Crippen molar-refractivity contribution in [1.82, 2.24) is 10.2 Å². The summed E-state index contributed by atoms with van der Waals surface area (Å²) in [5.74, 6) is 1.19. The van der Waals surface area contributed by atoms with Crippen molar-refractivity contribution < 1.29 is 9.21 Å². The van der Waals surface area contributed by atoms with Gasteiger partial charge in [0.25, 0.3) is 5.91 Å². The van der Waals surface area contributed by atoms with Crippen LogP contribution < -0.4 is 5.32 Å². The van der Waals surface area contributed by atoms with Crippen LogP contribution >= 0.6 is 0 Å². The molecule has 4 heteroatoms. The molecule has 0 radical (unpaired) electrons. The Hall–Kier alpha value is -1.29. The molecule has 1 N–H and O–H groups in total. The number of amides is 1. The lowest BCUT2D eigenvalue weighted by atomic mass is 9.83.